The molecule has 4 aromatic rings. The van der Waals surface area contributed by atoms with Crippen molar-refractivity contribution in [2.45, 2.75) is 38.3 Å². The van der Waals surface area contributed by atoms with Crippen LogP contribution in [-0.2, 0) is 9.53 Å². The molecule has 12 heteroatoms. The van der Waals surface area contributed by atoms with Gasteiger partial charge in [0, 0.05) is 60.5 Å². The van der Waals surface area contributed by atoms with Crippen LogP contribution < -0.4 is 9.64 Å². The van der Waals surface area contributed by atoms with Gasteiger partial charge in [0.15, 0.2) is 12.4 Å². The number of benzene rings is 2. The maximum atomic E-state index is 13.8. The number of hydrogen-bond donors (Lipinski definition) is 1. The van der Waals surface area contributed by atoms with Crippen molar-refractivity contribution in [3.05, 3.63) is 60.6 Å². The Hall–Kier alpha value is -4.45. The summed E-state index contributed by atoms with van der Waals surface area (Å²) in [5.74, 6) is 1.07. The third-order valence-electron chi connectivity index (χ3n) is 9.61. The first-order valence-corrected chi connectivity index (χ1v) is 15.5. The van der Waals surface area contributed by atoms with Crippen LogP contribution >= 0.6 is 0 Å². The summed E-state index contributed by atoms with van der Waals surface area (Å²) in [4.78, 5) is 26.1. The number of nitrogens with one attached hydrogen (secondary N) is 1. The molecule has 1 N–H and O–H groups in total. The molecule has 240 valence electrons. The van der Waals surface area contributed by atoms with E-state index < -0.39 is 12.8 Å². The number of amides is 1. The van der Waals surface area contributed by atoms with Crippen molar-refractivity contribution in [1.29, 1.82) is 0 Å². The molecule has 1 atom stereocenters. The number of fused-ring (bicyclic) bond motifs is 2. The number of carbonyl (C=O) groups is 1. The Morgan fingerprint density at radius 3 is 2.63 bits per heavy atom. The Labute approximate surface area is 264 Å². The van der Waals surface area contributed by atoms with E-state index in [4.69, 9.17) is 19.4 Å². The van der Waals surface area contributed by atoms with Crippen LogP contribution in [0.2, 0.25) is 0 Å². The zero-order chi connectivity index (χ0) is 32.2. The van der Waals surface area contributed by atoms with Gasteiger partial charge in [-0.2, -0.15) is 18.3 Å². The van der Waals surface area contributed by atoms with Gasteiger partial charge in [0.2, 0.25) is 5.91 Å². The smallest absolute Gasteiger partial charge is 0.422 e. The number of aryl methyl sites for hydroxylation is 1. The minimum atomic E-state index is -4.58. The standard InChI is InChI=1S/C34H35F3N6O3/c1-4-21-14-23-29(30(46-19-34(35,36)37)28(21)27-20(3)6-7-25-24(27)15-38-41-25)39-31(22-8-13-45-16-22)40-32(23)42-11-9-33(10-12-42)17-43(18-33)26(44)5-2/h4-7,14-15,22H,1-2,8-13,16-19H2,3H3,(H,38,41). The minimum absolute atomic E-state index is 0.0383. The lowest BCUT2D eigenvalue weighted by Gasteiger charge is -2.54. The van der Waals surface area contributed by atoms with Crippen LogP contribution in [0.4, 0.5) is 19.0 Å². The number of aromatic nitrogens is 4. The highest BCUT2D eigenvalue weighted by Gasteiger charge is 2.46. The number of halogens is 3. The van der Waals surface area contributed by atoms with Gasteiger partial charge in [0.05, 0.1) is 18.3 Å². The SMILES string of the molecule is C=CC(=O)N1CC2(CCN(c3nc(C4CCOC4)nc4c(OCC(F)(F)F)c(-c5c(C)ccc6[nH]ncc56)c(C=C)cc34)CC2)C1. The zero-order valence-electron chi connectivity index (χ0n) is 25.6. The molecule has 1 unspecified atom stereocenters. The van der Waals surface area contributed by atoms with Gasteiger partial charge in [0.1, 0.15) is 17.2 Å². The Morgan fingerprint density at radius 2 is 1.96 bits per heavy atom. The average molecular weight is 633 g/mol. The molecular weight excluding hydrogens is 597 g/mol. The van der Waals surface area contributed by atoms with E-state index in [1.807, 2.05) is 30.0 Å². The van der Waals surface area contributed by atoms with Gasteiger partial charge in [-0.25, -0.2) is 9.97 Å². The monoisotopic (exact) mass is 632 g/mol. The van der Waals surface area contributed by atoms with Gasteiger partial charge in [-0.1, -0.05) is 25.3 Å². The Morgan fingerprint density at radius 1 is 1.17 bits per heavy atom. The lowest BCUT2D eigenvalue weighted by Crippen LogP contribution is -2.61. The number of rotatable bonds is 7. The first-order valence-electron chi connectivity index (χ1n) is 15.5. The van der Waals surface area contributed by atoms with Crippen molar-refractivity contribution in [2.75, 3.05) is 50.9 Å². The van der Waals surface area contributed by atoms with Crippen LogP contribution in [0.5, 0.6) is 5.75 Å². The van der Waals surface area contributed by atoms with E-state index in [1.54, 1.807) is 12.3 Å². The highest BCUT2D eigenvalue weighted by Crippen LogP contribution is 2.48. The highest BCUT2D eigenvalue weighted by atomic mass is 19.4. The predicted octanol–water partition coefficient (Wildman–Crippen LogP) is 6.18. The summed E-state index contributed by atoms with van der Waals surface area (Å²) >= 11 is 0. The molecule has 2 aromatic heterocycles. The van der Waals surface area contributed by atoms with Crippen LogP contribution in [0.15, 0.2) is 43.6 Å². The summed E-state index contributed by atoms with van der Waals surface area (Å²) in [5, 5.41) is 8.52. The summed E-state index contributed by atoms with van der Waals surface area (Å²) in [5.41, 5.74) is 3.75. The molecule has 7 rings (SSSR count). The van der Waals surface area contributed by atoms with E-state index in [-0.39, 0.29) is 23.0 Å². The summed E-state index contributed by atoms with van der Waals surface area (Å²) in [6.07, 6.45) is 2.50. The van der Waals surface area contributed by atoms with E-state index in [1.165, 1.54) is 6.08 Å². The number of nitrogens with zero attached hydrogens (tertiary/aromatic N) is 5. The maximum Gasteiger partial charge on any atom is 0.422 e. The van der Waals surface area contributed by atoms with E-state index in [0.717, 1.165) is 29.3 Å². The highest BCUT2D eigenvalue weighted by molar-refractivity contribution is 6.07. The van der Waals surface area contributed by atoms with Gasteiger partial charge in [-0.15, -0.1) is 0 Å². The fraction of sp³-hybridized carbons (Fsp3) is 0.412. The van der Waals surface area contributed by atoms with Gasteiger partial charge in [-0.05, 0) is 61.1 Å². The number of piperidine rings is 1. The minimum Gasteiger partial charge on any atom is -0.481 e. The first-order chi connectivity index (χ1) is 22.1. The number of aromatic amines is 1. The van der Waals surface area contributed by atoms with Crippen molar-refractivity contribution in [1.82, 2.24) is 25.1 Å². The molecule has 3 aliphatic heterocycles. The van der Waals surface area contributed by atoms with Crippen LogP contribution in [0.3, 0.4) is 0 Å². The number of likely N-dealkylation sites (tertiary alicyclic amines) is 1. The van der Waals surface area contributed by atoms with Crippen LogP contribution in [0, 0.1) is 12.3 Å². The van der Waals surface area contributed by atoms with Gasteiger partial charge < -0.3 is 19.3 Å². The molecule has 5 heterocycles. The molecule has 9 nitrogen and oxygen atoms in total. The number of anilines is 1. The maximum absolute atomic E-state index is 13.8. The first kappa shape index (κ1) is 30.2. The fourth-order valence-corrected chi connectivity index (χ4v) is 7.15. The molecule has 0 aliphatic carbocycles. The molecule has 0 bridgehead atoms. The molecule has 0 radical (unpaired) electrons. The van der Waals surface area contributed by atoms with Crippen molar-refractivity contribution < 1.29 is 27.4 Å². The quantitative estimate of drug-likeness (QED) is 0.243. The van der Waals surface area contributed by atoms with Gasteiger partial charge in [0.25, 0.3) is 0 Å². The summed E-state index contributed by atoms with van der Waals surface area (Å²) in [6, 6.07) is 5.71. The van der Waals surface area contributed by atoms with Crippen LogP contribution in [0.1, 0.15) is 42.1 Å². The summed E-state index contributed by atoms with van der Waals surface area (Å²) in [6.45, 7) is 11.8. The average Bonchev–Trinajstić information content (AvgIpc) is 3.74. The largest absolute Gasteiger partial charge is 0.481 e. The lowest BCUT2D eigenvalue weighted by atomic mass is 9.72. The number of carbonyl (C=O) groups excluding carboxylic acids is 1. The van der Waals surface area contributed by atoms with Crippen molar-refractivity contribution in [3.63, 3.8) is 0 Å². The van der Waals surface area contributed by atoms with Crippen molar-refractivity contribution >= 4 is 39.6 Å². The van der Waals surface area contributed by atoms with Crippen molar-refractivity contribution in [3.8, 4) is 16.9 Å². The van der Waals surface area contributed by atoms with E-state index in [9.17, 15) is 18.0 Å². The number of hydrogen-bond acceptors (Lipinski definition) is 7. The number of ether oxygens (including phenoxy) is 2. The molecule has 3 saturated heterocycles. The summed E-state index contributed by atoms with van der Waals surface area (Å²) in [7, 11) is 0. The molecule has 1 spiro atoms. The Balaban J connectivity index is 1.40. The molecule has 3 fully saturated rings. The molecule has 46 heavy (non-hydrogen) atoms. The van der Waals surface area contributed by atoms with E-state index in [0.29, 0.717) is 85.0 Å². The molecule has 0 saturated carbocycles. The molecule has 2 aromatic carbocycles. The van der Waals surface area contributed by atoms with E-state index in [2.05, 4.69) is 28.3 Å². The van der Waals surface area contributed by atoms with Crippen LogP contribution in [0.25, 0.3) is 39.0 Å². The lowest BCUT2D eigenvalue weighted by molar-refractivity contribution is -0.153. The third kappa shape index (κ3) is 5.28. The summed E-state index contributed by atoms with van der Waals surface area (Å²) < 4.78 is 52.8. The van der Waals surface area contributed by atoms with Gasteiger partial charge in [-0.3, -0.25) is 9.89 Å². The van der Waals surface area contributed by atoms with E-state index >= 15 is 0 Å². The second-order valence-electron chi connectivity index (χ2n) is 12.6. The Bertz CT molecular complexity index is 1850. The second kappa shape index (κ2) is 11.4. The topological polar surface area (TPSA) is 96.5 Å². The Kier molecular flexibility index (Phi) is 7.50. The third-order valence-corrected chi connectivity index (χ3v) is 9.61. The predicted molar refractivity (Wildman–Crippen MR) is 170 cm³/mol. The molecule has 3 aliphatic rings. The fourth-order valence-electron chi connectivity index (χ4n) is 7.15. The molecule has 1 amide bonds. The van der Waals surface area contributed by atoms with Gasteiger partial charge >= 0.3 is 6.18 Å². The molecular formula is C34H35F3N6O3. The van der Waals surface area contributed by atoms with Crippen LogP contribution in [-0.4, -0.2) is 83.1 Å². The second-order valence-corrected chi connectivity index (χ2v) is 12.6. The zero-order valence-corrected chi connectivity index (χ0v) is 25.6. The number of H-pyrrole nitrogens is 1. The number of alkyl halides is 3. The van der Waals surface area contributed by atoms with Crippen molar-refractivity contribution in [2.24, 2.45) is 5.41 Å². The normalized spacial score (nSPS) is 19.5.